The third-order valence-electron chi connectivity index (χ3n) is 2.55. The molecule has 2 atom stereocenters. The second-order valence-corrected chi connectivity index (χ2v) is 3.88. The van der Waals surface area contributed by atoms with Crippen molar-refractivity contribution in [1.29, 1.82) is 0 Å². The fourth-order valence-electron chi connectivity index (χ4n) is 1.61. The summed E-state index contributed by atoms with van der Waals surface area (Å²) in [5, 5.41) is 22.3. The minimum Gasteiger partial charge on any atom is -0.394 e. The Morgan fingerprint density at radius 2 is 2.00 bits per heavy atom. The first-order valence-electron chi connectivity index (χ1n) is 5.66. The predicted octanol–water partition coefficient (Wildman–Crippen LogP) is 1.29. The molecule has 1 heterocycles. The molecule has 0 aliphatic heterocycles. The quantitative estimate of drug-likeness (QED) is 0.806. The van der Waals surface area contributed by atoms with E-state index in [4.69, 9.17) is 14.4 Å². The predicted molar refractivity (Wildman–Crippen MR) is 63.6 cm³/mol. The van der Waals surface area contributed by atoms with Gasteiger partial charge in [0, 0.05) is 6.07 Å². The van der Waals surface area contributed by atoms with Crippen LogP contribution in [-0.4, -0.2) is 28.1 Å². The van der Waals surface area contributed by atoms with Gasteiger partial charge in [-0.25, -0.2) is 0 Å². The zero-order valence-corrected chi connectivity index (χ0v) is 9.77. The molecule has 0 unspecified atom stereocenters. The van der Waals surface area contributed by atoms with Gasteiger partial charge in [0.1, 0.15) is 12.2 Å². The Bertz CT molecular complexity index is 443. The Morgan fingerprint density at radius 1 is 1.22 bits per heavy atom. The van der Waals surface area contributed by atoms with E-state index in [2.05, 4.69) is 5.16 Å². The van der Waals surface area contributed by atoms with Gasteiger partial charge in [-0.3, -0.25) is 0 Å². The molecule has 1 aromatic heterocycles. The number of hydrogen-bond acceptors (Lipinski definition) is 5. The van der Waals surface area contributed by atoms with E-state index in [1.54, 1.807) is 6.07 Å². The van der Waals surface area contributed by atoms with Gasteiger partial charge in [-0.15, -0.1) is 0 Å². The van der Waals surface area contributed by atoms with Gasteiger partial charge in [0.25, 0.3) is 0 Å². The van der Waals surface area contributed by atoms with E-state index in [0.29, 0.717) is 12.4 Å². The maximum absolute atomic E-state index is 9.70. The summed E-state index contributed by atoms with van der Waals surface area (Å²) in [6.45, 7) is -0.0799. The van der Waals surface area contributed by atoms with Gasteiger partial charge in [0.05, 0.1) is 19.4 Å². The lowest BCUT2D eigenvalue weighted by molar-refractivity contribution is -0.0782. The van der Waals surface area contributed by atoms with Crippen LogP contribution in [0.5, 0.6) is 0 Å². The topological polar surface area (TPSA) is 75.7 Å². The van der Waals surface area contributed by atoms with Crippen LogP contribution in [0.25, 0.3) is 0 Å². The van der Waals surface area contributed by atoms with Gasteiger partial charge in [-0.05, 0) is 5.56 Å². The Kier molecular flexibility index (Phi) is 4.46. The standard InChI is InChI=1S/C13H15NO4/c15-8-11(16)13(12-6-7-14-18-12)17-9-10-4-2-1-3-5-10/h1-7,11,13,15-16H,8-9H2/t11-,13-/m1/s1. The molecule has 0 amide bonds. The highest BCUT2D eigenvalue weighted by molar-refractivity contribution is 5.13. The maximum Gasteiger partial charge on any atom is 0.168 e. The normalized spacial score (nSPS) is 14.3. The molecule has 0 radical (unpaired) electrons. The van der Waals surface area contributed by atoms with Crippen LogP contribution in [-0.2, 0) is 11.3 Å². The van der Waals surface area contributed by atoms with Crippen molar-refractivity contribution >= 4 is 0 Å². The number of aliphatic hydroxyl groups is 2. The number of aliphatic hydroxyl groups excluding tert-OH is 2. The van der Waals surface area contributed by atoms with Crippen molar-refractivity contribution in [3.05, 3.63) is 53.9 Å². The maximum atomic E-state index is 9.70. The van der Waals surface area contributed by atoms with Crippen molar-refractivity contribution in [3.63, 3.8) is 0 Å². The van der Waals surface area contributed by atoms with E-state index in [9.17, 15) is 5.11 Å². The minimum absolute atomic E-state index is 0.323. The lowest BCUT2D eigenvalue weighted by Crippen LogP contribution is -2.24. The van der Waals surface area contributed by atoms with Gasteiger partial charge in [-0.2, -0.15) is 0 Å². The summed E-state index contributed by atoms with van der Waals surface area (Å²) in [5.41, 5.74) is 0.979. The van der Waals surface area contributed by atoms with Gasteiger partial charge in [0.2, 0.25) is 0 Å². The smallest absolute Gasteiger partial charge is 0.168 e. The van der Waals surface area contributed by atoms with E-state index in [1.807, 2.05) is 30.3 Å². The highest BCUT2D eigenvalue weighted by atomic mass is 16.5. The molecule has 5 heteroatoms. The fourth-order valence-corrected chi connectivity index (χ4v) is 1.61. The first kappa shape index (κ1) is 12.8. The van der Waals surface area contributed by atoms with Crippen LogP contribution in [0.15, 0.2) is 47.1 Å². The first-order chi connectivity index (χ1) is 8.81. The van der Waals surface area contributed by atoms with E-state index in [1.165, 1.54) is 6.20 Å². The number of ether oxygens (including phenoxy) is 1. The Balaban J connectivity index is 2.02. The van der Waals surface area contributed by atoms with Crippen LogP contribution < -0.4 is 0 Å². The van der Waals surface area contributed by atoms with Gasteiger partial charge in [-0.1, -0.05) is 35.5 Å². The lowest BCUT2D eigenvalue weighted by atomic mass is 10.1. The number of nitrogens with zero attached hydrogens (tertiary/aromatic N) is 1. The molecule has 0 aliphatic rings. The summed E-state index contributed by atoms with van der Waals surface area (Å²) in [6, 6.07) is 11.2. The molecule has 2 N–H and O–H groups in total. The molecule has 0 saturated heterocycles. The Morgan fingerprint density at radius 3 is 2.61 bits per heavy atom. The van der Waals surface area contributed by atoms with Crippen molar-refractivity contribution in [1.82, 2.24) is 5.16 Å². The molecule has 2 aromatic rings. The van der Waals surface area contributed by atoms with Crippen LogP contribution in [0.1, 0.15) is 17.4 Å². The highest BCUT2D eigenvalue weighted by Gasteiger charge is 2.24. The van der Waals surface area contributed by atoms with Crippen molar-refractivity contribution in [2.24, 2.45) is 0 Å². The van der Waals surface area contributed by atoms with Crippen molar-refractivity contribution in [2.45, 2.75) is 18.8 Å². The molecule has 0 saturated carbocycles. The zero-order valence-electron chi connectivity index (χ0n) is 9.77. The minimum atomic E-state index is -1.04. The average Bonchev–Trinajstić information content (AvgIpc) is 2.94. The second-order valence-electron chi connectivity index (χ2n) is 3.88. The number of aromatic nitrogens is 1. The highest BCUT2D eigenvalue weighted by Crippen LogP contribution is 2.22. The van der Waals surface area contributed by atoms with Crippen LogP contribution in [0.4, 0.5) is 0 Å². The van der Waals surface area contributed by atoms with E-state index in [-0.39, 0.29) is 0 Å². The summed E-state index contributed by atoms with van der Waals surface area (Å²) in [4.78, 5) is 0. The van der Waals surface area contributed by atoms with Crippen LogP contribution in [0, 0.1) is 0 Å². The Hall–Kier alpha value is -1.69. The van der Waals surface area contributed by atoms with Gasteiger partial charge in [0.15, 0.2) is 5.76 Å². The number of hydrogen-bond donors (Lipinski definition) is 2. The zero-order chi connectivity index (χ0) is 12.8. The van der Waals surface area contributed by atoms with Gasteiger partial charge >= 0.3 is 0 Å². The second kappa shape index (κ2) is 6.30. The molecule has 0 spiro atoms. The van der Waals surface area contributed by atoms with E-state index in [0.717, 1.165) is 5.56 Å². The fraction of sp³-hybridized carbons (Fsp3) is 0.308. The van der Waals surface area contributed by atoms with E-state index >= 15 is 0 Å². The van der Waals surface area contributed by atoms with E-state index < -0.39 is 18.8 Å². The molecule has 1 aromatic carbocycles. The largest absolute Gasteiger partial charge is 0.394 e. The molecular weight excluding hydrogens is 234 g/mol. The third-order valence-corrected chi connectivity index (χ3v) is 2.55. The number of benzene rings is 1. The molecule has 0 aliphatic carbocycles. The third kappa shape index (κ3) is 3.16. The van der Waals surface area contributed by atoms with Crippen LogP contribution in [0.2, 0.25) is 0 Å². The SMILES string of the molecule is OC[C@@H](O)[C@@H](OCc1ccccc1)c1ccno1. The summed E-state index contributed by atoms with van der Waals surface area (Å²) in [7, 11) is 0. The van der Waals surface area contributed by atoms with Crippen LogP contribution in [0.3, 0.4) is 0 Å². The number of rotatable bonds is 6. The summed E-state index contributed by atoms with van der Waals surface area (Å²) < 4.78 is 10.5. The van der Waals surface area contributed by atoms with Crippen molar-refractivity contribution < 1.29 is 19.5 Å². The summed E-state index contributed by atoms with van der Waals surface area (Å²) in [5.74, 6) is 0.396. The molecule has 0 bridgehead atoms. The molecule has 18 heavy (non-hydrogen) atoms. The van der Waals surface area contributed by atoms with Crippen LogP contribution >= 0.6 is 0 Å². The van der Waals surface area contributed by atoms with Crippen molar-refractivity contribution in [3.8, 4) is 0 Å². The van der Waals surface area contributed by atoms with Crippen molar-refractivity contribution in [2.75, 3.05) is 6.61 Å². The van der Waals surface area contributed by atoms with Gasteiger partial charge < -0.3 is 19.5 Å². The molecule has 96 valence electrons. The summed E-state index contributed by atoms with van der Waals surface area (Å²) in [6.07, 6.45) is -0.294. The molecule has 5 nitrogen and oxygen atoms in total. The lowest BCUT2D eigenvalue weighted by Gasteiger charge is -2.19. The summed E-state index contributed by atoms with van der Waals surface area (Å²) >= 11 is 0. The average molecular weight is 249 g/mol. The molecule has 0 fully saturated rings. The Labute approximate surface area is 105 Å². The monoisotopic (exact) mass is 249 g/mol. The molecule has 2 rings (SSSR count). The molecular formula is C13H15NO4. The first-order valence-corrected chi connectivity index (χ1v) is 5.66.